The number of hydrogen-bond donors (Lipinski definition) is 0. The van der Waals surface area contributed by atoms with Crippen LogP contribution in [0.1, 0.15) is 18.1 Å². The zero-order valence-corrected chi connectivity index (χ0v) is 9.64. The number of methoxy groups -OCH3 is 1. The number of ketones is 1. The van der Waals surface area contributed by atoms with Crippen LogP contribution < -0.4 is 9.47 Å². The van der Waals surface area contributed by atoms with Crippen LogP contribution in [0.2, 0.25) is 0 Å². The van der Waals surface area contributed by atoms with E-state index in [9.17, 15) is 4.79 Å². The fraction of sp³-hybridized carbons (Fsp3) is 0.308. The Balaban J connectivity index is 2.19. The second kappa shape index (κ2) is 5.01. The molecule has 0 saturated heterocycles. The predicted octanol–water partition coefficient (Wildman–Crippen LogP) is 2.25. The molecule has 4 nitrogen and oxygen atoms in total. The van der Waals surface area contributed by atoms with Crippen LogP contribution in [0.5, 0.6) is 11.5 Å². The molecule has 1 heterocycles. The molecule has 4 heteroatoms. The normalized spacial score (nSPS) is 14.4. The molecule has 1 aliphatic rings. The van der Waals surface area contributed by atoms with Crippen molar-refractivity contribution in [3.05, 3.63) is 36.4 Å². The molecule has 1 aromatic carbocycles. The zero-order chi connectivity index (χ0) is 12.3. The Morgan fingerprint density at radius 2 is 2.29 bits per heavy atom. The van der Waals surface area contributed by atoms with E-state index in [1.807, 2.05) is 18.2 Å². The van der Waals surface area contributed by atoms with E-state index in [-0.39, 0.29) is 25.1 Å². The lowest BCUT2D eigenvalue weighted by Crippen LogP contribution is -2.07. The van der Waals surface area contributed by atoms with Gasteiger partial charge in [-0.05, 0) is 23.8 Å². The number of fused-ring (bicyclic) bond motifs is 1. The summed E-state index contributed by atoms with van der Waals surface area (Å²) >= 11 is 0. The first-order chi connectivity index (χ1) is 8.24. The Hall–Kier alpha value is -1.81. The predicted molar refractivity (Wildman–Crippen MR) is 62.1 cm³/mol. The molecule has 0 aliphatic carbocycles. The van der Waals surface area contributed by atoms with Gasteiger partial charge in [0, 0.05) is 13.5 Å². The molecular formula is C13H14O4. The van der Waals surface area contributed by atoms with Crippen molar-refractivity contribution in [2.75, 3.05) is 13.9 Å². The van der Waals surface area contributed by atoms with Crippen molar-refractivity contribution in [2.45, 2.75) is 12.5 Å². The van der Waals surface area contributed by atoms with E-state index in [0.717, 1.165) is 11.3 Å². The highest BCUT2D eigenvalue weighted by Crippen LogP contribution is 2.35. The van der Waals surface area contributed by atoms with Gasteiger partial charge in [-0.15, -0.1) is 0 Å². The largest absolute Gasteiger partial charge is 0.454 e. The van der Waals surface area contributed by atoms with E-state index in [2.05, 4.69) is 6.58 Å². The van der Waals surface area contributed by atoms with Crippen LogP contribution in [-0.4, -0.2) is 19.7 Å². The molecule has 0 spiro atoms. The van der Waals surface area contributed by atoms with E-state index in [1.165, 1.54) is 6.08 Å². The summed E-state index contributed by atoms with van der Waals surface area (Å²) in [7, 11) is 1.58. The second-order valence-electron chi connectivity index (χ2n) is 3.71. The lowest BCUT2D eigenvalue weighted by molar-refractivity contribution is -0.117. The van der Waals surface area contributed by atoms with Crippen LogP contribution in [0.15, 0.2) is 30.9 Å². The van der Waals surface area contributed by atoms with Gasteiger partial charge >= 0.3 is 0 Å². The summed E-state index contributed by atoms with van der Waals surface area (Å²) < 4.78 is 15.8. The Labute approximate surface area is 99.8 Å². The number of hydrogen-bond acceptors (Lipinski definition) is 4. The van der Waals surface area contributed by atoms with Crippen molar-refractivity contribution < 1.29 is 19.0 Å². The van der Waals surface area contributed by atoms with Gasteiger partial charge in [-0.1, -0.05) is 12.6 Å². The molecule has 1 aliphatic heterocycles. The maximum absolute atomic E-state index is 11.3. The molecule has 0 amide bonds. The van der Waals surface area contributed by atoms with Crippen LogP contribution in [0, 0.1) is 0 Å². The summed E-state index contributed by atoms with van der Waals surface area (Å²) in [6.45, 7) is 3.69. The van der Waals surface area contributed by atoms with Gasteiger partial charge in [0.15, 0.2) is 17.3 Å². The van der Waals surface area contributed by atoms with Gasteiger partial charge in [0.25, 0.3) is 0 Å². The highest BCUT2D eigenvalue weighted by Gasteiger charge is 2.19. The molecular weight excluding hydrogens is 220 g/mol. The molecule has 0 aromatic heterocycles. The van der Waals surface area contributed by atoms with Crippen molar-refractivity contribution in [2.24, 2.45) is 0 Å². The van der Waals surface area contributed by atoms with Crippen LogP contribution in [0.25, 0.3) is 0 Å². The zero-order valence-electron chi connectivity index (χ0n) is 9.64. The van der Waals surface area contributed by atoms with Gasteiger partial charge in [-0.25, -0.2) is 0 Å². The topological polar surface area (TPSA) is 44.8 Å². The lowest BCUT2D eigenvalue weighted by atomic mass is 10.0. The third-order valence-electron chi connectivity index (χ3n) is 2.67. The maximum atomic E-state index is 11.3. The van der Waals surface area contributed by atoms with Gasteiger partial charge in [-0.2, -0.15) is 0 Å². The van der Waals surface area contributed by atoms with Crippen molar-refractivity contribution in [3.8, 4) is 11.5 Å². The van der Waals surface area contributed by atoms with Crippen LogP contribution in [0.3, 0.4) is 0 Å². The van der Waals surface area contributed by atoms with Gasteiger partial charge in [0.1, 0.15) is 0 Å². The molecule has 0 radical (unpaired) electrons. The molecule has 90 valence electrons. The minimum atomic E-state index is -0.282. The molecule has 1 atom stereocenters. The van der Waals surface area contributed by atoms with E-state index in [0.29, 0.717) is 5.75 Å². The minimum Gasteiger partial charge on any atom is -0.454 e. The lowest BCUT2D eigenvalue weighted by Gasteiger charge is -2.14. The molecule has 17 heavy (non-hydrogen) atoms. The Morgan fingerprint density at radius 1 is 1.53 bits per heavy atom. The van der Waals surface area contributed by atoms with Crippen LogP contribution >= 0.6 is 0 Å². The van der Waals surface area contributed by atoms with Gasteiger partial charge in [-0.3, -0.25) is 4.79 Å². The summed E-state index contributed by atoms with van der Waals surface area (Å²) in [5.74, 6) is 1.36. The first-order valence-electron chi connectivity index (χ1n) is 5.32. The Kier molecular flexibility index (Phi) is 3.44. The number of rotatable bonds is 5. The van der Waals surface area contributed by atoms with Gasteiger partial charge < -0.3 is 14.2 Å². The van der Waals surface area contributed by atoms with E-state index in [1.54, 1.807) is 7.11 Å². The first kappa shape index (κ1) is 11.7. The van der Waals surface area contributed by atoms with E-state index < -0.39 is 0 Å². The van der Waals surface area contributed by atoms with Crippen molar-refractivity contribution in [1.29, 1.82) is 0 Å². The number of allylic oxidation sites excluding steroid dienone is 1. The fourth-order valence-corrected chi connectivity index (χ4v) is 1.72. The molecule has 0 N–H and O–H groups in total. The number of benzene rings is 1. The highest BCUT2D eigenvalue weighted by molar-refractivity contribution is 5.89. The smallest absolute Gasteiger partial charge is 0.231 e. The van der Waals surface area contributed by atoms with Gasteiger partial charge in [0.05, 0.1) is 6.10 Å². The van der Waals surface area contributed by atoms with Crippen molar-refractivity contribution in [3.63, 3.8) is 0 Å². The summed E-state index contributed by atoms with van der Waals surface area (Å²) in [6, 6.07) is 5.53. The SMILES string of the molecule is C=CC(=O)CC(OC)c1ccc2c(c1)OCO2. The maximum Gasteiger partial charge on any atom is 0.231 e. The number of carbonyl (C=O) groups is 1. The Morgan fingerprint density at radius 3 is 3.00 bits per heavy atom. The fourth-order valence-electron chi connectivity index (χ4n) is 1.72. The summed E-state index contributed by atoms with van der Waals surface area (Å²) in [4.78, 5) is 11.3. The van der Waals surface area contributed by atoms with Crippen molar-refractivity contribution in [1.82, 2.24) is 0 Å². The monoisotopic (exact) mass is 234 g/mol. The van der Waals surface area contributed by atoms with E-state index in [4.69, 9.17) is 14.2 Å². The molecule has 2 rings (SSSR count). The number of ether oxygens (including phenoxy) is 3. The van der Waals surface area contributed by atoms with Crippen LogP contribution in [0.4, 0.5) is 0 Å². The molecule has 1 unspecified atom stereocenters. The summed E-state index contributed by atoms with van der Waals surface area (Å²) in [6.07, 6.45) is 1.30. The second-order valence-corrected chi connectivity index (χ2v) is 3.71. The van der Waals surface area contributed by atoms with Crippen LogP contribution in [-0.2, 0) is 9.53 Å². The standard InChI is InChI=1S/C13H14O4/c1-3-10(14)7-12(15-2)9-4-5-11-13(6-9)17-8-16-11/h3-6,12H,1,7-8H2,2H3. The average Bonchev–Trinajstić information content (AvgIpc) is 2.82. The quantitative estimate of drug-likeness (QED) is 0.733. The third-order valence-corrected chi connectivity index (χ3v) is 2.67. The minimum absolute atomic E-state index is 0.0467. The average molecular weight is 234 g/mol. The van der Waals surface area contributed by atoms with E-state index >= 15 is 0 Å². The third kappa shape index (κ3) is 2.47. The summed E-state index contributed by atoms with van der Waals surface area (Å²) in [5.41, 5.74) is 0.895. The molecule has 0 saturated carbocycles. The highest BCUT2D eigenvalue weighted by atomic mass is 16.7. The molecule has 0 bridgehead atoms. The summed E-state index contributed by atoms with van der Waals surface area (Å²) in [5, 5.41) is 0. The van der Waals surface area contributed by atoms with Gasteiger partial charge in [0.2, 0.25) is 6.79 Å². The number of carbonyl (C=O) groups excluding carboxylic acids is 1. The molecule has 1 aromatic rings. The molecule has 0 fully saturated rings. The van der Waals surface area contributed by atoms with Crippen molar-refractivity contribution >= 4 is 5.78 Å². The Bertz CT molecular complexity index is 439. The first-order valence-corrected chi connectivity index (χ1v) is 5.32.